The molecule has 0 aliphatic heterocycles. The molecule has 0 aromatic heterocycles. The Morgan fingerprint density at radius 3 is 1.12 bits per heavy atom. The summed E-state index contributed by atoms with van der Waals surface area (Å²) >= 11 is 0. The Bertz CT molecular complexity index is 984. The average Bonchev–Trinajstić information content (AvgIpc) is 2.76. The Morgan fingerprint density at radius 2 is 0.765 bits per heavy atom. The molecule has 0 N–H and O–H groups in total. The molecule has 2 heteroatoms. The van der Waals surface area contributed by atoms with Gasteiger partial charge < -0.3 is 0 Å². The zero-order chi connectivity index (χ0) is 25.0. The van der Waals surface area contributed by atoms with Crippen LogP contribution >= 0.6 is 15.8 Å². The number of rotatable bonds is 9. The third-order valence-electron chi connectivity index (χ3n) is 6.78. The zero-order valence-corrected chi connectivity index (χ0v) is 24.5. The Kier molecular flexibility index (Phi) is 9.55. The lowest BCUT2D eigenvalue weighted by molar-refractivity contribution is 0.966. The number of benzene rings is 3. The Balaban J connectivity index is 2.37. The van der Waals surface area contributed by atoms with E-state index in [1.54, 1.807) is 10.6 Å². The lowest BCUT2D eigenvalue weighted by atomic mass is 9.83. The number of hydrogen-bond donors (Lipinski definition) is 0. The van der Waals surface area contributed by atoms with Gasteiger partial charge in [-0.25, -0.2) is 0 Å². The summed E-state index contributed by atoms with van der Waals surface area (Å²) in [5.41, 5.74) is 8.50. The maximum Gasteiger partial charge on any atom is 0.0355 e. The minimum absolute atomic E-state index is 0.262. The standard InChI is InChI=1S/C32H44P2/c1-22(2)33(23(3)4)30-20-14-12-18-28(30)32(27-17-11-10-16-26(27)9)29-19-13-15-21-31(29)34(24(5)6)25(7)8/h10-25,32H,1-9H3. The molecular formula is C32H44P2. The van der Waals surface area contributed by atoms with Crippen molar-refractivity contribution >= 4 is 26.5 Å². The van der Waals surface area contributed by atoms with E-state index in [1.807, 2.05) is 0 Å². The Labute approximate surface area is 212 Å². The van der Waals surface area contributed by atoms with E-state index in [2.05, 4.69) is 135 Å². The molecule has 0 heterocycles. The summed E-state index contributed by atoms with van der Waals surface area (Å²) in [6.07, 6.45) is 0. The first-order valence-electron chi connectivity index (χ1n) is 12.9. The van der Waals surface area contributed by atoms with E-state index in [9.17, 15) is 0 Å². The van der Waals surface area contributed by atoms with Gasteiger partial charge in [0.2, 0.25) is 0 Å². The van der Waals surface area contributed by atoms with Crippen LogP contribution in [0.4, 0.5) is 0 Å². The summed E-state index contributed by atoms with van der Waals surface area (Å²) in [4.78, 5) is 0. The first-order valence-corrected chi connectivity index (χ1v) is 15.9. The van der Waals surface area contributed by atoms with Crippen molar-refractivity contribution in [2.24, 2.45) is 0 Å². The molecule has 0 spiro atoms. The molecule has 3 rings (SSSR count). The smallest absolute Gasteiger partial charge is 0.0355 e. The highest BCUT2D eigenvalue weighted by atomic mass is 31.1. The van der Waals surface area contributed by atoms with Gasteiger partial charge in [0.1, 0.15) is 0 Å². The van der Waals surface area contributed by atoms with Crippen molar-refractivity contribution < 1.29 is 0 Å². The lowest BCUT2D eigenvalue weighted by Gasteiger charge is -2.34. The fraction of sp³-hybridized carbons (Fsp3) is 0.438. The second kappa shape index (κ2) is 12.0. The molecule has 0 atom stereocenters. The monoisotopic (exact) mass is 490 g/mol. The first-order chi connectivity index (χ1) is 16.1. The van der Waals surface area contributed by atoms with Crippen LogP contribution in [-0.4, -0.2) is 22.6 Å². The molecule has 0 amide bonds. The van der Waals surface area contributed by atoms with Crippen molar-refractivity contribution in [3.63, 3.8) is 0 Å². The molecule has 0 unspecified atom stereocenters. The van der Waals surface area contributed by atoms with Crippen LogP contribution in [0.5, 0.6) is 0 Å². The summed E-state index contributed by atoms with van der Waals surface area (Å²) < 4.78 is 0. The van der Waals surface area contributed by atoms with Crippen molar-refractivity contribution in [1.29, 1.82) is 0 Å². The first kappa shape index (κ1) is 27.1. The molecule has 0 saturated heterocycles. The second-order valence-electron chi connectivity index (χ2n) is 10.6. The normalized spacial score (nSPS) is 12.4. The van der Waals surface area contributed by atoms with Crippen LogP contribution in [0.2, 0.25) is 0 Å². The van der Waals surface area contributed by atoms with Crippen molar-refractivity contribution in [2.45, 2.75) is 90.9 Å². The third-order valence-corrected chi connectivity index (χ3v) is 13.2. The molecule has 3 aromatic carbocycles. The van der Waals surface area contributed by atoms with Gasteiger partial charge in [0.25, 0.3) is 0 Å². The largest absolute Gasteiger partial charge is 0.0697 e. The third kappa shape index (κ3) is 5.83. The van der Waals surface area contributed by atoms with Crippen molar-refractivity contribution in [3.05, 3.63) is 95.1 Å². The molecule has 0 aliphatic rings. The zero-order valence-electron chi connectivity index (χ0n) is 22.7. The quantitative estimate of drug-likeness (QED) is 0.207. The van der Waals surface area contributed by atoms with E-state index in [0.717, 1.165) is 0 Å². The average molecular weight is 491 g/mol. The molecule has 0 nitrogen and oxygen atoms in total. The molecule has 0 bridgehead atoms. The predicted octanol–water partition coefficient (Wildman–Crippen LogP) is 9.02. The summed E-state index contributed by atoms with van der Waals surface area (Å²) in [6.45, 7) is 21.6. The summed E-state index contributed by atoms with van der Waals surface area (Å²) in [5, 5.41) is 3.17. The van der Waals surface area contributed by atoms with Gasteiger partial charge in [-0.1, -0.05) is 144 Å². The van der Waals surface area contributed by atoms with Gasteiger partial charge in [-0.05, 0) is 62.4 Å². The van der Waals surface area contributed by atoms with E-state index in [-0.39, 0.29) is 21.8 Å². The van der Waals surface area contributed by atoms with Crippen LogP contribution < -0.4 is 10.6 Å². The van der Waals surface area contributed by atoms with Crippen molar-refractivity contribution in [1.82, 2.24) is 0 Å². The second-order valence-corrected chi connectivity index (χ2v) is 17.3. The molecule has 182 valence electrons. The van der Waals surface area contributed by atoms with Crippen molar-refractivity contribution in [2.75, 3.05) is 0 Å². The highest BCUT2D eigenvalue weighted by Crippen LogP contribution is 2.50. The van der Waals surface area contributed by atoms with E-state index in [1.165, 1.54) is 22.3 Å². The van der Waals surface area contributed by atoms with Gasteiger partial charge in [0.05, 0.1) is 0 Å². The maximum absolute atomic E-state index is 2.43. The molecule has 0 fully saturated rings. The highest BCUT2D eigenvalue weighted by Gasteiger charge is 2.31. The summed E-state index contributed by atoms with van der Waals surface area (Å²) in [5.74, 6) is 0.263. The summed E-state index contributed by atoms with van der Waals surface area (Å²) in [7, 11) is -0.524. The van der Waals surface area contributed by atoms with Crippen molar-refractivity contribution in [3.8, 4) is 0 Å². The fourth-order valence-corrected chi connectivity index (χ4v) is 11.8. The van der Waals surface area contributed by atoms with E-state index in [0.29, 0.717) is 22.6 Å². The van der Waals surface area contributed by atoms with Crippen LogP contribution in [-0.2, 0) is 0 Å². The lowest BCUT2D eigenvalue weighted by Crippen LogP contribution is -2.26. The highest BCUT2D eigenvalue weighted by molar-refractivity contribution is 7.67. The molecule has 0 radical (unpaired) electrons. The van der Waals surface area contributed by atoms with Gasteiger partial charge in [-0.15, -0.1) is 0 Å². The number of hydrogen-bond acceptors (Lipinski definition) is 0. The van der Waals surface area contributed by atoms with Gasteiger partial charge >= 0.3 is 0 Å². The molecule has 0 saturated carbocycles. The van der Waals surface area contributed by atoms with Gasteiger partial charge in [-0.2, -0.15) is 0 Å². The maximum atomic E-state index is 2.43. The van der Waals surface area contributed by atoms with E-state index in [4.69, 9.17) is 0 Å². The van der Waals surface area contributed by atoms with Crippen LogP contribution in [0.25, 0.3) is 0 Å². The van der Waals surface area contributed by atoms with Crippen LogP contribution in [0.15, 0.2) is 72.8 Å². The van der Waals surface area contributed by atoms with Gasteiger partial charge in [0, 0.05) is 5.92 Å². The van der Waals surface area contributed by atoms with Gasteiger partial charge in [0.15, 0.2) is 0 Å². The minimum atomic E-state index is -0.262. The molecule has 0 aliphatic carbocycles. The van der Waals surface area contributed by atoms with Crippen LogP contribution in [0.3, 0.4) is 0 Å². The fourth-order valence-electron chi connectivity index (χ4n) is 5.65. The van der Waals surface area contributed by atoms with Crippen LogP contribution in [0.1, 0.15) is 83.6 Å². The van der Waals surface area contributed by atoms with E-state index >= 15 is 0 Å². The minimum Gasteiger partial charge on any atom is -0.0697 e. The van der Waals surface area contributed by atoms with Crippen LogP contribution in [0, 0.1) is 6.92 Å². The Morgan fingerprint density at radius 1 is 0.441 bits per heavy atom. The molecule has 3 aromatic rings. The van der Waals surface area contributed by atoms with E-state index < -0.39 is 0 Å². The van der Waals surface area contributed by atoms with Gasteiger partial charge in [-0.3, -0.25) is 0 Å². The summed E-state index contributed by atoms with van der Waals surface area (Å²) in [6, 6.07) is 27.8. The molecular weight excluding hydrogens is 446 g/mol. The predicted molar refractivity (Wildman–Crippen MR) is 159 cm³/mol. The topological polar surface area (TPSA) is 0 Å². The SMILES string of the molecule is Cc1ccccc1C(c1ccccc1P(C(C)C)C(C)C)c1ccccc1P(C(C)C)C(C)C. The molecule has 34 heavy (non-hydrogen) atoms. The Hall–Kier alpha value is -1.48. The number of aryl methyl sites for hydroxylation is 1.